The van der Waals surface area contributed by atoms with Gasteiger partial charge in [0.15, 0.2) is 11.5 Å². The zero-order valence-corrected chi connectivity index (χ0v) is 11.9. The highest BCUT2D eigenvalue weighted by molar-refractivity contribution is 6.33. The molecule has 20 heavy (non-hydrogen) atoms. The first-order chi connectivity index (χ1) is 9.67. The molecular formula is C14H14ClFN2O2. The second-order valence-corrected chi connectivity index (χ2v) is 4.35. The molecule has 0 spiro atoms. The maximum Gasteiger partial charge on any atom is 0.184 e. The number of nitrogens with one attached hydrogen (secondary N) is 1. The lowest BCUT2D eigenvalue weighted by atomic mass is 10.2. The van der Waals surface area contributed by atoms with Crippen LogP contribution in [0.25, 0.3) is 0 Å². The van der Waals surface area contributed by atoms with Crippen LogP contribution >= 0.6 is 11.6 Å². The summed E-state index contributed by atoms with van der Waals surface area (Å²) in [6, 6.07) is 6.19. The number of benzene rings is 1. The fourth-order valence-corrected chi connectivity index (χ4v) is 2.05. The van der Waals surface area contributed by atoms with Crippen molar-refractivity contribution >= 4 is 17.3 Å². The van der Waals surface area contributed by atoms with Crippen molar-refractivity contribution in [3.63, 3.8) is 0 Å². The van der Waals surface area contributed by atoms with Crippen molar-refractivity contribution in [2.75, 3.05) is 19.5 Å². The Kier molecular flexibility index (Phi) is 4.63. The van der Waals surface area contributed by atoms with E-state index in [0.29, 0.717) is 22.2 Å². The second-order valence-electron chi connectivity index (χ2n) is 3.94. The molecule has 0 amide bonds. The summed E-state index contributed by atoms with van der Waals surface area (Å²) in [7, 11) is 3.07. The molecule has 0 fully saturated rings. The standard InChI is InChI=1S/C14H14ClFN2O2/c1-19-12-6-7-17-11(14(12)20-2)8-18-13-9(15)4-3-5-10(13)16/h3-7,18H,8H2,1-2H3. The van der Waals surface area contributed by atoms with E-state index in [0.717, 1.165) is 0 Å². The van der Waals surface area contributed by atoms with Gasteiger partial charge in [-0.2, -0.15) is 0 Å². The fourth-order valence-electron chi connectivity index (χ4n) is 1.82. The number of halogens is 2. The molecule has 0 saturated carbocycles. The summed E-state index contributed by atoms with van der Waals surface area (Å²) in [6.45, 7) is 0.265. The largest absolute Gasteiger partial charge is 0.493 e. The van der Waals surface area contributed by atoms with Gasteiger partial charge < -0.3 is 14.8 Å². The van der Waals surface area contributed by atoms with Crippen LogP contribution in [-0.4, -0.2) is 19.2 Å². The topological polar surface area (TPSA) is 43.4 Å². The number of ether oxygens (including phenoxy) is 2. The van der Waals surface area contributed by atoms with Gasteiger partial charge in [0.05, 0.1) is 31.5 Å². The number of aromatic nitrogens is 1. The summed E-state index contributed by atoms with van der Waals surface area (Å²) in [5.74, 6) is 0.660. The SMILES string of the molecule is COc1ccnc(CNc2c(F)cccc2Cl)c1OC. The number of anilines is 1. The lowest BCUT2D eigenvalue weighted by Crippen LogP contribution is -2.06. The Morgan fingerprint density at radius 1 is 1.25 bits per heavy atom. The zero-order valence-electron chi connectivity index (χ0n) is 11.1. The van der Waals surface area contributed by atoms with Crippen molar-refractivity contribution in [1.82, 2.24) is 4.98 Å². The molecule has 1 heterocycles. The van der Waals surface area contributed by atoms with Gasteiger partial charge in [0.25, 0.3) is 0 Å². The molecule has 2 aromatic rings. The average Bonchev–Trinajstić information content (AvgIpc) is 2.46. The summed E-state index contributed by atoms with van der Waals surface area (Å²) >= 11 is 5.95. The molecule has 4 nitrogen and oxygen atoms in total. The van der Waals surface area contributed by atoms with E-state index in [4.69, 9.17) is 21.1 Å². The Morgan fingerprint density at radius 3 is 2.70 bits per heavy atom. The molecule has 2 rings (SSSR count). The smallest absolute Gasteiger partial charge is 0.184 e. The minimum Gasteiger partial charge on any atom is -0.493 e. The Bertz CT molecular complexity index is 587. The van der Waals surface area contributed by atoms with Crippen LogP contribution in [-0.2, 0) is 6.54 Å². The Labute approximate surface area is 121 Å². The van der Waals surface area contributed by atoms with E-state index in [1.807, 2.05) is 0 Å². The summed E-state index contributed by atoms with van der Waals surface area (Å²) in [4.78, 5) is 4.20. The van der Waals surface area contributed by atoms with Crippen molar-refractivity contribution in [3.8, 4) is 11.5 Å². The molecule has 6 heteroatoms. The van der Waals surface area contributed by atoms with Gasteiger partial charge in [-0.05, 0) is 12.1 Å². The quantitative estimate of drug-likeness (QED) is 0.917. The van der Waals surface area contributed by atoms with Crippen molar-refractivity contribution in [2.45, 2.75) is 6.54 Å². The van der Waals surface area contributed by atoms with Gasteiger partial charge in [-0.15, -0.1) is 0 Å². The fraction of sp³-hybridized carbons (Fsp3) is 0.214. The summed E-state index contributed by atoms with van der Waals surface area (Å²) in [6.07, 6.45) is 1.60. The van der Waals surface area contributed by atoms with Crippen LogP contribution < -0.4 is 14.8 Å². The molecule has 1 aromatic carbocycles. The molecule has 0 aliphatic rings. The van der Waals surface area contributed by atoms with Crippen LogP contribution in [0.3, 0.4) is 0 Å². The van der Waals surface area contributed by atoms with E-state index in [-0.39, 0.29) is 12.2 Å². The van der Waals surface area contributed by atoms with Crippen molar-refractivity contribution in [3.05, 3.63) is 47.0 Å². The van der Waals surface area contributed by atoms with Crippen LogP contribution in [0.4, 0.5) is 10.1 Å². The molecule has 0 aliphatic carbocycles. The summed E-state index contributed by atoms with van der Waals surface area (Å²) in [5.41, 5.74) is 0.840. The zero-order chi connectivity index (χ0) is 14.5. The monoisotopic (exact) mass is 296 g/mol. The van der Waals surface area contributed by atoms with Gasteiger partial charge in [-0.3, -0.25) is 4.98 Å². The van der Waals surface area contributed by atoms with Gasteiger partial charge in [0, 0.05) is 12.3 Å². The summed E-state index contributed by atoms with van der Waals surface area (Å²) < 4.78 is 24.1. The third kappa shape index (κ3) is 2.93. The third-order valence-electron chi connectivity index (χ3n) is 2.76. The number of methoxy groups -OCH3 is 2. The number of hydrogen-bond donors (Lipinski definition) is 1. The maximum absolute atomic E-state index is 13.7. The number of nitrogens with zero attached hydrogens (tertiary/aromatic N) is 1. The molecule has 1 N–H and O–H groups in total. The number of rotatable bonds is 5. The highest BCUT2D eigenvalue weighted by atomic mass is 35.5. The Hall–Kier alpha value is -2.01. The molecule has 0 bridgehead atoms. The van der Waals surface area contributed by atoms with E-state index in [1.54, 1.807) is 31.5 Å². The molecule has 0 saturated heterocycles. The molecule has 1 aromatic heterocycles. The van der Waals surface area contributed by atoms with Gasteiger partial charge in [-0.25, -0.2) is 4.39 Å². The van der Waals surface area contributed by atoms with Crippen LogP contribution in [0.1, 0.15) is 5.69 Å². The van der Waals surface area contributed by atoms with E-state index < -0.39 is 5.82 Å². The highest BCUT2D eigenvalue weighted by Crippen LogP contribution is 2.30. The third-order valence-corrected chi connectivity index (χ3v) is 3.08. The van der Waals surface area contributed by atoms with Gasteiger partial charge in [0.2, 0.25) is 0 Å². The van der Waals surface area contributed by atoms with Crippen LogP contribution in [0.15, 0.2) is 30.5 Å². The molecule has 0 atom stereocenters. The minimum absolute atomic E-state index is 0.237. The van der Waals surface area contributed by atoms with Crippen molar-refractivity contribution in [2.24, 2.45) is 0 Å². The lowest BCUT2D eigenvalue weighted by Gasteiger charge is -2.13. The predicted molar refractivity (Wildman–Crippen MR) is 76.1 cm³/mol. The Balaban J connectivity index is 2.23. The molecule has 106 valence electrons. The molecule has 0 radical (unpaired) electrons. The second kappa shape index (κ2) is 6.43. The van der Waals surface area contributed by atoms with Gasteiger partial charge >= 0.3 is 0 Å². The summed E-state index contributed by atoms with van der Waals surface area (Å²) in [5, 5.41) is 3.23. The van der Waals surface area contributed by atoms with E-state index in [9.17, 15) is 4.39 Å². The van der Waals surface area contributed by atoms with Crippen molar-refractivity contribution in [1.29, 1.82) is 0 Å². The number of para-hydroxylation sites is 1. The number of pyridine rings is 1. The predicted octanol–water partition coefficient (Wildman–Crippen LogP) is 3.50. The van der Waals surface area contributed by atoms with Crippen LogP contribution in [0.5, 0.6) is 11.5 Å². The molecule has 0 unspecified atom stereocenters. The van der Waals surface area contributed by atoms with Gasteiger partial charge in [0.1, 0.15) is 11.5 Å². The van der Waals surface area contributed by atoms with E-state index in [1.165, 1.54) is 13.2 Å². The van der Waals surface area contributed by atoms with Gasteiger partial charge in [-0.1, -0.05) is 17.7 Å². The molecular weight excluding hydrogens is 283 g/mol. The number of hydrogen-bond acceptors (Lipinski definition) is 4. The van der Waals surface area contributed by atoms with E-state index >= 15 is 0 Å². The van der Waals surface area contributed by atoms with Crippen LogP contribution in [0, 0.1) is 5.82 Å². The first-order valence-corrected chi connectivity index (χ1v) is 6.29. The Morgan fingerprint density at radius 2 is 2.05 bits per heavy atom. The average molecular weight is 297 g/mol. The van der Waals surface area contributed by atoms with Crippen LogP contribution in [0.2, 0.25) is 5.02 Å². The first-order valence-electron chi connectivity index (χ1n) is 5.91. The van der Waals surface area contributed by atoms with E-state index in [2.05, 4.69) is 10.3 Å². The first kappa shape index (κ1) is 14.4. The normalized spacial score (nSPS) is 10.2. The molecule has 0 aliphatic heterocycles. The highest BCUT2D eigenvalue weighted by Gasteiger charge is 2.12. The lowest BCUT2D eigenvalue weighted by molar-refractivity contribution is 0.350. The van der Waals surface area contributed by atoms with Crippen molar-refractivity contribution < 1.29 is 13.9 Å². The minimum atomic E-state index is -0.417. The maximum atomic E-state index is 13.7.